The number of hydrogen-bond acceptors (Lipinski definition) is 3. The van der Waals surface area contributed by atoms with Crippen LogP contribution in [0.4, 0.5) is 4.79 Å². The van der Waals surface area contributed by atoms with Gasteiger partial charge in [0.1, 0.15) is 0 Å². The van der Waals surface area contributed by atoms with Crippen molar-refractivity contribution in [1.82, 2.24) is 15.6 Å². The van der Waals surface area contributed by atoms with E-state index in [2.05, 4.69) is 27.8 Å². The molecule has 0 unspecified atom stereocenters. The van der Waals surface area contributed by atoms with E-state index in [0.717, 1.165) is 18.4 Å². The lowest BCUT2D eigenvalue weighted by molar-refractivity contribution is 0.171. The molecule has 0 spiro atoms. The van der Waals surface area contributed by atoms with Crippen LogP contribution in [0.3, 0.4) is 0 Å². The monoisotopic (exact) mass is 339 g/mol. The molecule has 1 aromatic heterocycles. The second-order valence-electron chi connectivity index (χ2n) is 6.59. The maximum absolute atomic E-state index is 12.4. The first-order chi connectivity index (χ1) is 12.2. The van der Waals surface area contributed by atoms with E-state index >= 15 is 0 Å². The van der Waals surface area contributed by atoms with E-state index in [-0.39, 0.29) is 18.6 Å². The third-order valence-corrected chi connectivity index (χ3v) is 4.84. The Kier molecular flexibility index (Phi) is 6.01. The van der Waals surface area contributed by atoms with Gasteiger partial charge in [-0.2, -0.15) is 0 Å². The minimum absolute atomic E-state index is 0.0132. The van der Waals surface area contributed by atoms with E-state index in [1.54, 1.807) is 24.5 Å². The summed E-state index contributed by atoms with van der Waals surface area (Å²) in [5.41, 5.74) is 1.83. The highest BCUT2D eigenvalue weighted by molar-refractivity contribution is 5.74. The number of nitrogens with one attached hydrogen (secondary N) is 2. The average Bonchev–Trinajstić information content (AvgIpc) is 3.20. The Morgan fingerprint density at radius 2 is 1.84 bits per heavy atom. The zero-order valence-corrected chi connectivity index (χ0v) is 14.3. The molecule has 5 nitrogen and oxygen atoms in total. The highest BCUT2D eigenvalue weighted by Gasteiger charge is 2.27. The summed E-state index contributed by atoms with van der Waals surface area (Å²) in [5.74, 6) is 0.469. The summed E-state index contributed by atoms with van der Waals surface area (Å²) >= 11 is 0. The Balaban J connectivity index is 1.58. The van der Waals surface area contributed by atoms with Crippen molar-refractivity contribution in [1.29, 1.82) is 0 Å². The van der Waals surface area contributed by atoms with Gasteiger partial charge in [0.05, 0.1) is 12.1 Å². The van der Waals surface area contributed by atoms with Crippen LogP contribution in [0, 0.1) is 5.92 Å². The third kappa shape index (κ3) is 4.79. The van der Waals surface area contributed by atoms with Crippen molar-refractivity contribution in [3.8, 4) is 0 Å². The molecule has 0 radical (unpaired) electrons. The van der Waals surface area contributed by atoms with E-state index in [9.17, 15) is 9.90 Å². The van der Waals surface area contributed by atoms with Crippen LogP contribution in [0.25, 0.3) is 0 Å². The zero-order chi connectivity index (χ0) is 17.5. The van der Waals surface area contributed by atoms with Gasteiger partial charge in [-0.25, -0.2) is 4.79 Å². The van der Waals surface area contributed by atoms with E-state index in [0.29, 0.717) is 11.5 Å². The Hall–Kier alpha value is -2.40. The number of aliphatic hydroxyl groups is 1. The lowest BCUT2D eigenvalue weighted by Gasteiger charge is -2.25. The molecule has 5 heteroatoms. The van der Waals surface area contributed by atoms with E-state index in [1.807, 2.05) is 18.2 Å². The molecule has 2 aromatic rings. The fourth-order valence-corrected chi connectivity index (χ4v) is 3.50. The number of pyridine rings is 1. The van der Waals surface area contributed by atoms with Gasteiger partial charge in [-0.1, -0.05) is 49.2 Å². The fraction of sp³-hybridized carbons (Fsp3) is 0.400. The number of urea groups is 1. The van der Waals surface area contributed by atoms with Crippen LogP contribution >= 0.6 is 0 Å². The summed E-state index contributed by atoms with van der Waals surface area (Å²) in [6.07, 6.45) is 7.21. The van der Waals surface area contributed by atoms with Crippen LogP contribution in [0.15, 0.2) is 54.9 Å². The lowest BCUT2D eigenvalue weighted by Crippen LogP contribution is -2.41. The highest BCUT2D eigenvalue weighted by Crippen LogP contribution is 2.35. The minimum atomic E-state index is -0.763. The molecular formula is C20H25N3O2. The van der Waals surface area contributed by atoms with Crippen molar-refractivity contribution >= 4 is 6.03 Å². The molecule has 132 valence electrons. The predicted octanol–water partition coefficient (Wildman–Crippen LogP) is 3.35. The number of benzene rings is 1. The first-order valence-corrected chi connectivity index (χ1v) is 8.91. The number of rotatable bonds is 6. The second-order valence-corrected chi connectivity index (χ2v) is 6.59. The molecular weight excluding hydrogens is 314 g/mol. The summed E-state index contributed by atoms with van der Waals surface area (Å²) in [6.45, 7) is 0.156. The number of hydrogen-bond donors (Lipinski definition) is 3. The van der Waals surface area contributed by atoms with E-state index in [4.69, 9.17) is 0 Å². The van der Waals surface area contributed by atoms with Gasteiger partial charge in [0.25, 0.3) is 0 Å². The number of aromatic nitrogens is 1. The molecule has 0 aliphatic heterocycles. The molecule has 2 atom stereocenters. The molecule has 1 heterocycles. The molecule has 1 saturated carbocycles. The molecule has 0 saturated heterocycles. The summed E-state index contributed by atoms with van der Waals surface area (Å²) in [5, 5.41) is 16.0. The number of aliphatic hydroxyl groups excluding tert-OH is 1. The topological polar surface area (TPSA) is 74.2 Å². The van der Waals surface area contributed by atoms with Gasteiger partial charge in [-0.15, -0.1) is 0 Å². The Bertz CT molecular complexity index is 657. The SMILES string of the molecule is O=C(NC[C@H](O)c1cccnc1)N[C@H](c1ccccc1)C1CCCC1. The van der Waals surface area contributed by atoms with Gasteiger partial charge in [0.15, 0.2) is 0 Å². The molecule has 1 aliphatic rings. The molecule has 1 aliphatic carbocycles. The number of carbonyl (C=O) groups excluding carboxylic acids is 1. The predicted molar refractivity (Wildman–Crippen MR) is 96.9 cm³/mol. The van der Waals surface area contributed by atoms with Crippen molar-refractivity contribution in [2.45, 2.75) is 37.8 Å². The molecule has 3 N–H and O–H groups in total. The Labute approximate surface area is 148 Å². The van der Waals surface area contributed by atoms with E-state index < -0.39 is 6.10 Å². The standard InChI is InChI=1S/C20H25N3O2/c24-18(17-11-6-12-21-13-17)14-22-20(25)23-19(16-9-4-5-10-16)15-7-2-1-3-8-15/h1-3,6-8,11-13,16,18-19,24H,4-5,9-10,14H2,(H2,22,23,25)/t18-,19+/m0/s1. The number of nitrogens with zero attached hydrogens (tertiary/aromatic N) is 1. The van der Waals surface area contributed by atoms with Gasteiger partial charge < -0.3 is 15.7 Å². The van der Waals surface area contributed by atoms with Gasteiger partial charge in [-0.05, 0) is 30.4 Å². The van der Waals surface area contributed by atoms with Crippen molar-refractivity contribution in [2.24, 2.45) is 5.92 Å². The van der Waals surface area contributed by atoms with Gasteiger partial charge in [0, 0.05) is 24.5 Å². The quantitative estimate of drug-likeness (QED) is 0.755. The molecule has 1 fully saturated rings. The largest absolute Gasteiger partial charge is 0.387 e. The van der Waals surface area contributed by atoms with Crippen LogP contribution in [0.1, 0.15) is 49.0 Å². The fourth-order valence-electron chi connectivity index (χ4n) is 3.50. The molecule has 25 heavy (non-hydrogen) atoms. The second kappa shape index (κ2) is 8.62. The average molecular weight is 339 g/mol. The highest BCUT2D eigenvalue weighted by atomic mass is 16.3. The van der Waals surface area contributed by atoms with Crippen molar-refractivity contribution in [3.63, 3.8) is 0 Å². The van der Waals surface area contributed by atoms with E-state index in [1.165, 1.54) is 12.8 Å². The van der Waals surface area contributed by atoms with Gasteiger partial charge >= 0.3 is 6.03 Å². The third-order valence-electron chi connectivity index (χ3n) is 4.84. The number of amides is 2. The van der Waals surface area contributed by atoms with Gasteiger partial charge in [0.2, 0.25) is 0 Å². The number of carbonyl (C=O) groups is 1. The minimum Gasteiger partial charge on any atom is -0.387 e. The summed E-state index contributed by atoms with van der Waals surface area (Å²) < 4.78 is 0. The maximum Gasteiger partial charge on any atom is 0.315 e. The maximum atomic E-state index is 12.4. The molecule has 1 aromatic carbocycles. The molecule has 0 bridgehead atoms. The molecule has 2 amide bonds. The first-order valence-electron chi connectivity index (χ1n) is 8.91. The summed E-state index contributed by atoms with van der Waals surface area (Å²) in [4.78, 5) is 16.4. The lowest BCUT2D eigenvalue weighted by atomic mass is 9.92. The van der Waals surface area contributed by atoms with Crippen molar-refractivity contribution < 1.29 is 9.90 Å². The van der Waals surface area contributed by atoms with Crippen LogP contribution < -0.4 is 10.6 Å². The Morgan fingerprint density at radius 3 is 2.52 bits per heavy atom. The van der Waals surface area contributed by atoms with Crippen LogP contribution in [-0.4, -0.2) is 22.7 Å². The van der Waals surface area contributed by atoms with Crippen molar-refractivity contribution in [3.05, 3.63) is 66.0 Å². The normalized spacial score (nSPS) is 17.0. The van der Waals surface area contributed by atoms with Gasteiger partial charge in [-0.3, -0.25) is 4.98 Å². The van der Waals surface area contributed by atoms with Crippen LogP contribution in [0.5, 0.6) is 0 Å². The zero-order valence-electron chi connectivity index (χ0n) is 14.3. The van der Waals surface area contributed by atoms with Crippen LogP contribution in [0.2, 0.25) is 0 Å². The van der Waals surface area contributed by atoms with Crippen LogP contribution in [-0.2, 0) is 0 Å². The smallest absolute Gasteiger partial charge is 0.315 e. The Morgan fingerprint density at radius 1 is 1.12 bits per heavy atom. The first kappa shape index (κ1) is 17.4. The molecule has 3 rings (SSSR count). The summed E-state index contributed by atoms with van der Waals surface area (Å²) in [7, 11) is 0. The summed E-state index contributed by atoms with van der Waals surface area (Å²) in [6, 6.07) is 13.4. The van der Waals surface area contributed by atoms with Crippen molar-refractivity contribution in [2.75, 3.05) is 6.54 Å².